The van der Waals surface area contributed by atoms with E-state index >= 15 is 0 Å². The third-order valence-corrected chi connectivity index (χ3v) is 4.10. The van der Waals surface area contributed by atoms with Crippen molar-refractivity contribution in [1.29, 1.82) is 0 Å². The fourth-order valence-corrected chi connectivity index (χ4v) is 2.78. The fraction of sp³-hybridized carbons (Fsp3) is 0.588. The Bertz CT molecular complexity index is 456. The molecule has 0 bridgehead atoms. The van der Waals surface area contributed by atoms with Crippen molar-refractivity contribution < 1.29 is 9.53 Å². The molecule has 1 saturated heterocycles. The Morgan fingerprint density at radius 2 is 2.33 bits per heavy atom. The lowest BCUT2D eigenvalue weighted by atomic mass is 10.00. The lowest BCUT2D eigenvalue weighted by Gasteiger charge is -2.23. The van der Waals surface area contributed by atoms with Crippen molar-refractivity contribution in [2.75, 3.05) is 13.7 Å². The molecule has 21 heavy (non-hydrogen) atoms. The Morgan fingerprint density at radius 1 is 1.48 bits per heavy atom. The van der Waals surface area contributed by atoms with Crippen LogP contribution in [0.3, 0.4) is 0 Å². The molecule has 1 aromatic carbocycles. The Labute approximate surface area is 127 Å². The van der Waals surface area contributed by atoms with E-state index in [-0.39, 0.29) is 11.9 Å². The molecular formula is C17H26N2O2. The van der Waals surface area contributed by atoms with Gasteiger partial charge >= 0.3 is 0 Å². The zero-order valence-electron chi connectivity index (χ0n) is 13.0. The number of amides is 1. The van der Waals surface area contributed by atoms with E-state index in [0.717, 1.165) is 24.3 Å². The summed E-state index contributed by atoms with van der Waals surface area (Å²) < 4.78 is 5.22. The third kappa shape index (κ3) is 5.05. The first-order valence-corrected chi connectivity index (χ1v) is 7.85. The van der Waals surface area contributed by atoms with Crippen LogP contribution in [0.1, 0.15) is 50.6 Å². The number of hydrogen-bond donors (Lipinski definition) is 2. The van der Waals surface area contributed by atoms with Gasteiger partial charge in [-0.05, 0) is 50.4 Å². The molecule has 1 heterocycles. The van der Waals surface area contributed by atoms with Crippen LogP contribution in [0.2, 0.25) is 0 Å². The lowest BCUT2D eigenvalue weighted by molar-refractivity contribution is -0.122. The van der Waals surface area contributed by atoms with Crippen LogP contribution in [0.5, 0.6) is 5.75 Å². The highest BCUT2D eigenvalue weighted by Crippen LogP contribution is 2.19. The molecule has 1 fully saturated rings. The molecule has 116 valence electrons. The van der Waals surface area contributed by atoms with Gasteiger partial charge in [0.05, 0.1) is 13.2 Å². The van der Waals surface area contributed by atoms with E-state index in [4.69, 9.17) is 4.74 Å². The fourth-order valence-electron chi connectivity index (χ4n) is 2.78. The molecule has 1 amide bonds. The lowest BCUT2D eigenvalue weighted by Crippen LogP contribution is -2.35. The number of methoxy groups -OCH3 is 1. The molecule has 0 radical (unpaired) electrons. The van der Waals surface area contributed by atoms with Gasteiger partial charge in [-0.2, -0.15) is 0 Å². The summed E-state index contributed by atoms with van der Waals surface area (Å²) in [5, 5.41) is 6.54. The summed E-state index contributed by atoms with van der Waals surface area (Å²) in [6, 6.07) is 8.35. The number of piperidine rings is 1. The smallest absolute Gasteiger partial charge is 0.220 e. The number of rotatable bonds is 6. The second kappa shape index (κ2) is 8.03. The van der Waals surface area contributed by atoms with E-state index in [0.29, 0.717) is 12.5 Å². The minimum absolute atomic E-state index is 0.00640. The molecule has 0 aromatic heterocycles. The zero-order valence-corrected chi connectivity index (χ0v) is 13.0. The highest BCUT2D eigenvalue weighted by molar-refractivity contribution is 5.76. The molecule has 4 nitrogen and oxygen atoms in total. The van der Waals surface area contributed by atoms with Crippen molar-refractivity contribution in [1.82, 2.24) is 10.6 Å². The van der Waals surface area contributed by atoms with Gasteiger partial charge in [-0.15, -0.1) is 0 Å². The number of ether oxygens (including phenoxy) is 1. The van der Waals surface area contributed by atoms with Gasteiger partial charge in [0.1, 0.15) is 5.75 Å². The normalized spacial score (nSPS) is 19.8. The molecule has 0 spiro atoms. The molecule has 1 aromatic rings. The molecule has 0 aliphatic carbocycles. The molecule has 2 N–H and O–H groups in total. The second-order valence-corrected chi connectivity index (χ2v) is 5.75. The summed E-state index contributed by atoms with van der Waals surface area (Å²) >= 11 is 0. The van der Waals surface area contributed by atoms with Crippen LogP contribution < -0.4 is 15.4 Å². The van der Waals surface area contributed by atoms with Gasteiger partial charge in [0, 0.05) is 12.5 Å². The van der Waals surface area contributed by atoms with Crippen LogP contribution in [-0.4, -0.2) is 25.6 Å². The van der Waals surface area contributed by atoms with E-state index in [1.54, 1.807) is 7.11 Å². The topological polar surface area (TPSA) is 50.4 Å². The van der Waals surface area contributed by atoms with Crippen LogP contribution >= 0.6 is 0 Å². The molecule has 2 rings (SSSR count). The number of nitrogens with one attached hydrogen (secondary N) is 2. The quantitative estimate of drug-likeness (QED) is 0.847. The average Bonchev–Trinajstić information content (AvgIpc) is 2.54. The van der Waals surface area contributed by atoms with E-state index < -0.39 is 0 Å². The van der Waals surface area contributed by atoms with Gasteiger partial charge in [-0.3, -0.25) is 4.79 Å². The van der Waals surface area contributed by atoms with Gasteiger partial charge < -0.3 is 15.4 Å². The maximum atomic E-state index is 12.1. The van der Waals surface area contributed by atoms with Crippen molar-refractivity contribution in [2.45, 2.75) is 51.1 Å². The van der Waals surface area contributed by atoms with Crippen LogP contribution in [-0.2, 0) is 4.79 Å². The standard InChI is InChI=1S/C17H26N2O2/c1-13(14-6-5-8-16(12-14)21-2)19-17(20)10-9-15-7-3-4-11-18-15/h5-6,8,12-13,15,18H,3-4,7,9-11H2,1-2H3,(H,19,20). The monoisotopic (exact) mass is 290 g/mol. The molecule has 4 heteroatoms. The minimum atomic E-state index is 0.00640. The third-order valence-electron chi connectivity index (χ3n) is 4.10. The Morgan fingerprint density at radius 3 is 3.05 bits per heavy atom. The first kappa shape index (κ1) is 15.8. The van der Waals surface area contributed by atoms with Crippen molar-refractivity contribution in [3.8, 4) is 5.75 Å². The van der Waals surface area contributed by atoms with Gasteiger partial charge in [0.2, 0.25) is 5.91 Å². The first-order chi connectivity index (χ1) is 10.2. The maximum Gasteiger partial charge on any atom is 0.220 e. The first-order valence-electron chi connectivity index (χ1n) is 7.85. The van der Waals surface area contributed by atoms with E-state index in [9.17, 15) is 4.79 Å². The summed E-state index contributed by atoms with van der Waals surface area (Å²) in [5.41, 5.74) is 1.07. The Kier molecular flexibility index (Phi) is 6.05. The molecule has 2 atom stereocenters. The molecule has 2 unspecified atom stereocenters. The minimum Gasteiger partial charge on any atom is -0.497 e. The van der Waals surface area contributed by atoms with Gasteiger partial charge in [0.25, 0.3) is 0 Å². The molecule has 0 saturated carbocycles. The molecular weight excluding hydrogens is 264 g/mol. The summed E-state index contributed by atoms with van der Waals surface area (Å²) in [5.74, 6) is 0.942. The summed E-state index contributed by atoms with van der Waals surface area (Å²) in [6.07, 6.45) is 5.25. The van der Waals surface area contributed by atoms with E-state index in [2.05, 4.69) is 10.6 Å². The van der Waals surface area contributed by atoms with E-state index in [1.807, 2.05) is 31.2 Å². The predicted octanol–water partition coefficient (Wildman–Crippen LogP) is 2.79. The van der Waals surface area contributed by atoms with Gasteiger partial charge in [-0.25, -0.2) is 0 Å². The summed E-state index contributed by atoms with van der Waals surface area (Å²) in [6.45, 7) is 3.10. The van der Waals surface area contributed by atoms with Crippen molar-refractivity contribution in [2.24, 2.45) is 0 Å². The molecule has 1 aliphatic rings. The summed E-state index contributed by atoms with van der Waals surface area (Å²) in [7, 11) is 1.65. The highest BCUT2D eigenvalue weighted by Gasteiger charge is 2.15. The van der Waals surface area contributed by atoms with Crippen LogP contribution in [0.15, 0.2) is 24.3 Å². The predicted molar refractivity (Wildman–Crippen MR) is 84.4 cm³/mol. The van der Waals surface area contributed by atoms with Gasteiger partial charge in [-0.1, -0.05) is 18.6 Å². The van der Waals surface area contributed by atoms with Gasteiger partial charge in [0.15, 0.2) is 0 Å². The largest absolute Gasteiger partial charge is 0.497 e. The van der Waals surface area contributed by atoms with Crippen LogP contribution in [0, 0.1) is 0 Å². The second-order valence-electron chi connectivity index (χ2n) is 5.75. The highest BCUT2D eigenvalue weighted by atomic mass is 16.5. The Balaban J connectivity index is 1.78. The van der Waals surface area contributed by atoms with Crippen molar-refractivity contribution in [3.63, 3.8) is 0 Å². The SMILES string of the molecule is COc1cccc(C(C)NC(=O)CCC2CCCCN2)c1. The van der Waals surface area contributed by atoms with Crippen molar-refractivity contribution in [3.05, 3.63) is 29.8 Å². The number of benzene rings is 1. The number of carbonyl (C=O) groups excluding carboxylic acids is 1. The number of carbonyl (C=O) groups is 1. The summed E-state index contributed by atoms with van der Waals surface area (Å²) in [4.78, 5) is 12.1. The average molecular weight is 290 g/mol. The van der Waals surface area contributed by atoms with E-state index in [1.165, 1.54) is 19.3 Å². The molecule has 1 aliphatic heterocycles. The zero-order chi connectivity index (χ0) is 15.1. The van der Waals surface area contributed by atoms with Crippen LogP contribution in [0.4, 0.5) is 0 Å². The number of hydrogen-bond acceptors (Lipinski definition) is 3. The maximum absolute atomic E-state index is 12.1. The Hall–Kier alpha value is -1.55. The van der Waals surface area contributed by atoms with Crippen molar-refractivity contribution >= 4 is 5.91 Å². The van der Waals surface area contributed by atoms with Crippen LogP contribution in [0.25, 0.3) is 0 Å².